The predicted molar refractivity (Wildman–Crippen MR) is 87.3 cm³/mol. The Labute approximate surface area is 127 Å². The van der Waals surface area contributed by atoms with E-state index in [9.17, 15) is 0 Å². The quantitative estimate of drug-likeness (QED) is 0.843. The summed E-state index contributed by atoms with van der Waals surface area (Å²) < 4.78 is 0. The standard InChI is InChI=1S/C18H23N3/c1-2-21(14-15-6-4-3-5-7-15)18-13-19-11-10-16(18)12-20-17-8-9-17/h3-7,10-11,13,17,20H,2,8-9,12,14H2,1H3. The van der Waals surface area contributed by atoms with Gasteiger partial charge >= 0.3 is 0 Å². The molecule has 1 N–H and O–H groups in total. The summed E-state index contributed by atoms with van der Waals surface area (Å²) in [6.07, 6.45) is 6.53. The lowest BCUT2D eigenvalue weighted by atomic mass is 10.1. The lowest BCUT2D eigenvalue weighted by Gasteiger charge is -2.25. The summed E-state index contributed by atoms with van der Waals surface area (Å²) >= 11 is 0. The highest BCUT2D eigenvalue weighted by molar-refractivity contribution is 5.52. The van der Waals surface area contributed by atoms with E-state index in [2.05, 4.69) is 58.5 Å². The van der Waals surface area contributed by atoms with Gasteiger partial charge < -0.3 is 10.2 Å². The first kappa shape index (κ1) is 14.1. The number of rotatable bonds is 7. The van der Waals surface area contributed by atoms with Gasteiger partial charge in [0, 0.05) is 31.9 Å². The molecule has 110 valence electrons. The van der Waals surface area contributed by atoms with E-state index in [0.717, 1.165) is 25.7 Å². The van der Waals surface area contributed by atoms with Crippen LogP contribution in [-0.4, -0.2) is 17.6 Å². The molecule has 1 aliphatic rings. The summed E-state index contributed by atoms with van der Waals surface area (Å²) in [5, 5.41) is 3.60. The van der Waals surface area contributed by atoms with Gasteiger partial charge in [-0.1, -0.05) is 30.3 Å². The number of anilines is 1. The normalized spacial score (nSPS) is 14.1. The monoisotopic (exact) mass is 281 g/mol. The Morgan fingerprint density at radius 2 is 2.00 bits per heavy atom. The van der Waals surface area contributed by atoms with Gasteiger partial charge in [0.05, 0.1) is 11.9 Å². The van der Waals surface area contributed by atoms with Crippen LogP contribution in [0.25, 0.3) is 0 Å². The second-order valence-electron chi connectivity index (χ2n) is 5.66. The molecule has 1 heterocycles. The second kappa shape index (κ2) is 6.72. The van der Waals surface area contributed by atoms with E-state index in [1.807, 2.05) is 12.4 Å². The van der Waals surface area contributed by atoms with Crippen LogP contribution in [-0.2, 0) is 13.1 Å². The topological polar surface area (TPSA) is 28.2 Å². The zero-order chi connectivity index (χ0) is 14.5. The van der Waals surface area contributed by atoms with Crippen LogP contribution >= 0.6 is 0 Å². The summed E-state index contributed by atoms with van der Waals surface area (Å²) in [4.78, 5) is 6.72. The molecule has 3 nitrogen and oxygen atoms in total. The highest BCUT2D eigenvalue weighted by Gasteiger charge is 2.21. The molecule has 1 aromatic heterocycles. The van der Waals surface area contributed by atoms with Crippen LogP contribution in [0.2, 0.25) is 0 Å². The fraction of sp³-hybridized carbons (Fsp3) is 0.389. The molecule has 0 bridgehead atoms. The van der Waals surface area contributed by atoms with Crippen LogP contribution in [0.3, 0.4) is 0 Å². The Balaban J connectivity index is 1.75. The van der Waals surface area contributed by atoms with Gasteiger partial charge in [-0.2, -0.15) is 0 Å². The molecular weight excluding hydrogens is 258 g/mol. The van der Waals surface area contributed by atoms with Gasteiger partial charge in [-0.3, -0.25) is 4.98 Å². The Morgan fingerprint density at radius 1 is 1.19 bits per heavy atom. The van der Waals surface area contributed by atoms with Crippen LogP contribution in [0, 0.1) is 0 Å². The first-order valence-electron chi connectivity index (χ1n) is 7.82. The minimum absolute atomic E-state index is 0.732. The van der Waals surface area contributed by atoms with Gasteiger partial charge in [-0.05, 0) is 37.0 Å². The molecular formula is C18H23N3. The molecule has 0 aliphatic heterocycles. The minimum Gasteiger partial charge on any atom is -0.366 e. The van der Waals surface area contributed by atoms with Gasteiger partial charge in [0.1, 0.15) is 0 Å². The molecule has 21 heavy (non-hydrogen) atoms. The van der Waals surface area contributed by atoms with Gasteiger partial charge in [0.25, 0.3) is 0 Å². The number of aromatic nitrogens is 1. The average molecular weight is 281 g/mol. The van der Waals surface area contributed by atoms with Gasteiger partial charge in [-0.25, -0.2) is 0 Å². The summed E-state index contributed by atoms with van der Waals surface area (Å²) in [7, 11) is 0. The van der Waals surface area contributed by atoms with E-state index in [1.165, 1.54) is 29.7 Å². The Morgan fingerprint density at radius 3 is 2.71 bits per heavy atom. The summed E-state index contributed by atoms with van der Waals surface area (Å²) in [5.74, 6) is 0. The van der Waals surface area contributed by atoms with E-state index in [0.29, 0.717) is 0 Å². The number of nitrogens with one attached hydrogen (secondary N) is 1. The maximum atomic E-state index is 4.33. The molecule has 1 fully saturated rings. The molecule has 1 saturated carbocycles. The summed E-state index contributed by atoms with van der Waals surface area (Å²) in [6.45, 7) is 5.05. The van der Waals surface area contributed by atoms with Crippen molar-refractivity contribution in [3.63, 3.8) is 0 Å². The third-order valence-corrected chi connectivity index (χ3v) is 3.98. The minimum atomic E-state index is 0.732. The van der Waals surface area contributed by atoms with Crippen molar-refractivity contribution in [2.24, 2.45) is 0 Å². The van der Waals surface area contributed by atoms with Crippen molar-refractivity contribution in [3.05, 3.63) is 59.9 Å². The molecule has 0 radical (unpaired) electrons. The van der Waals surface area contributed by atoms with Crippen molar-refractivity contribution in [2.75, 3.05) is 11.4 Å². The number of hydrogen-bond donors (Lipinski definition) is 1. The predicted octanol–water partition coefficient (Wildman–Crippen LogP) is 3.36. The molecule has 0 saturated heterocycles. The molecule has 3 heteroatoms. The number of pyridine rings is 1. The molecule has 0 unspecified atom stereocenters. The average Bonchev–Trinajstić information content (AvgIpc) is 3.36. The van der Waals surface area contributed by atoms with Gasteiger partial charge in [0.2, 0.25) is 0 Å². The van der Waals surface area contributed by atoms with Crippen molar-refractivity contribution in [2.45, 2.75) is 38.9 Å². The van der Waals surface area contributed by atoms with E-state index in [1.54, 1.807) is 0 Å². The first-order chi connectivity index (χ1) is 10.4. The van der Waals surface area contributed by atoms with Gasteiger partial charge in [0.15, 0.2) is 0 Å². The lowest BCUT2D eigenvalue weighted by molar-refractivity contribution is 0.682. The van der Waals surface area contributed by atoms with Crippen LogP contribution in [0.4, 0.5) is 5.69 Å². The molecule has 0 amide bonds. The smallest absolute Gasteiger partial charge is 0.0601 e. The first-order valence-corrected chi connectivity index (χ1v) is 7.82. The zero-order valence-electron chi connectivity index (χ0n) is 12.6. The van der Waals surface area contributed by atoms with E-state index in [-0.39, 0.29) is 0 Å². The van der Waals surface area contributed by atoms with E-state index >= 15 is 0 Å². The number of hydrogen-bond acceptors (Lipinski definition) is 3. The fourth-order valence-corrected chi connectivity index (χ4v) is 2.56. The molecule has 2 aromatic rings. The number of nitrogens with zero attached hydrogens (tertiary/aromatic N) is 2. The lowest BCUT2D eigenvalue weighted by Crippen LogP contribution is -2.25. The molecule has 1 aromatic carbocycles. The second-order valence-corrected chi connectivity index (χ2v) is 5.66. The third kappa shape index (κ3) is 3.82. The highest BCUT2D eigenvalue weighted by atomic mass is 15.1. The molecule has 0 atom stereocenters. The largest absolute Gasteiger partial charge is 0.366 e. The van der Waals surface area contributed by atoms with Crippen LogP contribution in [0.5, 0.6) is 0 Å². The Hall–Kier alpha value is -1.87. The molecule has 3 rings (SSSR count). The van der Waals surface area contributed by atoms with Crippen LogP contribution in [0.1, 0.15) is 30.9 Å². The summed E-state index contributed by atoms with van der Waals surface area (Å²) in [6, 6.07) is 13.5. The number of benzene rings is 1. The maximum Gasteiger partial charge on any atom is 0.0601 e. The molecule has 1 aliphatic carbocycles. The van der Waals surface area contributed by atoms with Crippen molar-refractivity contribution in [1.29, 1.82) is 0 Å². The summed E-state index contributed by atoms with van der Waals surface area (Å²) in [5.41, 5.74) is 3.93. The Bertz CT molecular complexity index is 564. The van der Waals surface area contributed by atoms with Crippen molar-refractivity contribution >= 4 is 5.69 Å². The third-order valence-electron chi connectivity index (χ3n) is 3.98. The maximum absolute atomic E-state index is 4.33. The highest BCUT2D eigenvalue weighted by Crippen LogP contribution is 2.24. The van der Waals surface area contributed by atoms with Crippen molar-refractivity contribution in [3.8, 4) is 0 Å². The fourth-order valence-electron chi connectivity index (χ4n) is 2.56. The van der Waals surface area contributed by atoms with Gasteiger partial charge in [-0.15, -0.1) is 0 Å². The SMILES string of the molecule is CCN(Cc1ccccc1)c1cnccc1CNC1CC1. The van der Waals surface area contributed by atoms with E-state index in [4.69, 9.17) is 0 Å². The molecule has 0 spiro atoms. The van der Waals surface area contributed by atoms with E-state index < -0.39 is 0 Å². The van der Waals surface area contributed by atoms with Crippen molar-refractivity contribution < 1.29 is 0 Å². The Kier molecular flexibility index (Phi) is 4.51. The van der Waals surface area contributed by atoms with Crippen LogP contribution < -0.4 is 10.2 Å². The van der Waals surface area contributed by atoms with Crippen LogP contribution in [0.15, 0.2) is 48.8 Å². The van der Waals surface area contributed by atoms with Crippen molar-refractivity contribution in [1.82, 2.24) is 10.3 Å². The zero-order valence-corrected chi connectivity index (χ0v) is 12.6.